The average Bonchev–Trinajstić information content (AvgIpc) is 2.71. The third-order valence-electron chi connectivity index (χ3n) is 4.65. The fourth-order valence-corrected chi connectivity index (χ4v) is 3.50. The second-order valence-electron chi connectivity index (χ2n) is 6.40. The maximum absolute atomic E-state index is 5.91. The molecule has 0 radical (unpaired) electrons. The monoisotopic (exact) mass is 355 g/mol. The van der Waals surface area contributed by atoms with Crippen LogP contribution in [0.15, 0.2) is 91.1 Å². The average molecular weight is 355 g/mol. The number of rotatable bonds is 5. The van der Waals surface area contributed by atoms with Gasteiger partial charge in [-0.2, -0.15) is 4.57 Å². The molecule has 134 valence electrons. The first-order chi connectivity index (χ1) is 13.3. The largest absolute Gasteiger partial charge is 0.487 e. The van der Waals surface area contributed by atoms with Crippen molar-refractivity contribution in [2.45, 2.75) is 6.92 Å². The minimum atomic E-state index is 0.643. The van der Waals surface area contributed by atoms with E-state index < -0.39 is 0 Å². The van der Waals surface area contributed by atoms with Gasteiger partial charge in [0.1, 0.15) is 7.05 Å². The summed E-state index contributed by atoms with van der Waals surface area (Å²) in [4.78, 5) is 2.29. The van der Waals surface area contributed by atoms with Crippen molar-refractivity contribution in [1.29, 1.82) is 0 Å². The van der Waals surface area contributed by atoms with E-state index in [1.54, 1.807) is 0 Å². The molecule has 3 aromatic carbocycles. The Morgan fingerprint density at radius 2 is 1.41 bits per heavy atom. The Bertz CT molecular complexity index is 1010. The van der Waals surface area contributed by atoms with Crippen LogP contribution in [0.4, 0.5) is 17.1 Å². The lowest BCUT2D eigenvalue weighted by atomic mass is 10.1. The lowest BCUT2D eigenvalue weighted by molar-refractivity contribution is -0.645. The number of ether oxygens (including phenoxy) is 1. The molecule has 0 N–H and O–H groups in total. The molecule has 0 atom stereocenters. The molecule has 0 aliphatic rings. The molecule has 27 heavy (non-hydrogen) atoms. The fraction of sp³-hybridized carbons (Fsp3) is 0.125. The zero-order chi connectivity index (χ0) is 18.6. The first-order valence-corrected chi connectivity index (χ1v) is 9.24. The van der Waals surface area contributed by atoms with E-state index in [0.717, 1.165) is 33.7 Å². The summed E-state index contributed by atoms with van der Waals surface area (Å²) in [5, 5.41) is 1.15. The van der Waals surface area contributed by atoms with Gasteiger partial charge in [0.2, 0.25) is 0 Å². The van der Waals surface area contributed by atoms with Crippen molar-refractivity contribution < 1.29 is 9.30 Å². The molecular formula is C24H23N2O+. The molecule has 4 aromatic rings. The van der Waals surface area contributed by atoms with Crippen molar-refractivity contribution in [1.82, 2.24) is 0 Å². The van der Waals surface area contributed by atoms with E-state index in [0.29, 0.717) is 6.61 Å². The molecule has 0 bridgehead atoms. The third kappa shape index (κ3) is 3.24. The number of hydrogen-bond acceptors (Lipinski definition) is 2. The zero-order valence-electron chi connectivity index (χ0n) is 15.7. The van der Waals surface area contributed by atoms with Crippen LogP contribution in [0, 0.1) is 0 Å². The number of aromatic nitrogens is 1. The van der Waals surface area contributed by atoms with Crippen LogP contribution in [0.2, 0.25) is 0 Å². The second kappa shape index (κ2) is 7.50. The molecule has 0 saturated heterocycles. The van der Waals surface area contributed by atoms with E-state index in [2.05, 4.69) is 95.5 Å². The molecule has 0 aliphatic carbocycles. The van der Waals surface area contributed by atoms with Crippen molar-refractivity contribution in [3.63, 3.8) is 0 Å². The quantitative estimate of drug-likeness (QED) is 0.438. The smallest absolute Gasteiger partial charge is 0.256 e. The zero-order valence-corrected chi connectivity index (χ0v) is 15.7. The maximum atomic E-state index is 5.91. The van der Waals surface area contributed by atoms with Gasteiger partial charge in [0, 0.05) is 17.4 Å². The molecule has 0 fully saturated rings. The summed E-state index contributed by atoms with van der Waals surface area (Å²) in [6.45, 7) is 2.66. The Balaban J connectivity index is 2.00. The Labute approximate surface area is 160 Å². The highest BCUT2D eigenvalue weighted by atomic mass is 16.5. The predicted molar refractivity (Wildman–Crippen MR) is 111 cm³/mol. The molecule has 0 amide bonds. The van der Waals surface area contributed by atoms with E-state index in [1.807, 2.05) is 19.1 Å². The number of para-hydroxylation sites is 2. The SMILES string of the molecule is CCOc1ccc(N(c2ccccc2)c2ccccc2)c2ccc[n+](C)c12. The highest BCUT2D eigenvalue weighted by molar-refractivity contribution is 5.98. The summed E-state index contributed by atoms with van der Waals surface area (Å²) in [5.41, 5.74) is 4.47. The van der Waals surface area contributed by atoms with E-state index in [-0.39, 0.29) is 0 Å². The molecular weight excluding hydrogens is 332 g/mol. The van der Waals surface area contributed by atoms with E-state index >= 15 is 0 Å². The van der Waals surface area contributed by atoms with Gasteiger partial charge in [0.05, 0.1) is 17.7 Å². The minimum absolute atomic E-state index is 0.643. The summed E-state index contributed by atoms with van der Waals surface area (Å²) < 4.78 is 8.03. The van der Waals surface area contributed by atoms with Gasteiger partial charge in [-0.3, -0.25) is 0 Å². The minimum Gasteiger partial charge on any atom is -0.487 e. The number of pyridine rings is 1. The van der Waals surface area contributed by atoms with Gasteiger partial charge in [-0.25, -0.2) is 0 Å². The topological polar surface area (TPSA) is 16.4 Å². The maximum Gasteiger partial charge on any atom is 0.256 e. The first-order valence-electron chi connectivity index (χ1n) is 9.24. The molecule has 3 heteroatoms. The van der Waals surface area contributed by atoms with Crippen molar-refractivity contribution >= 4 is 28.0 Å². The van der Waals surface area contributed by atoms with Gasteiger partial charge in [0.25, 0.3) is 5.52 Å². The van der Waals surface area contributed by atoms with E-state index in [9.17, 15) is 0 Å². The van der Waals surface area contributed by atoms with Crippen molar-refractivity contribution in [3.8, 4) is 5.75 Å². The van der Waals surface area contributed by atoms with Gasteiger partial charge in [-0.1, -0.05) is 36.4 Å². The van der Waals surface area contributed by atoms with Crippen LogP contribution in [0.25, 0.3) is 10.9 Å². The molecule has 4 rings (SSSR count). The summed E-state index contributed by atoms with van der Waals surface area (Å²) in [5.74, 6) is 0.903. The van der Waals surface area contributed by atoms with Crippen LogP contribution in [0.3, 0.4) is 0 Å². The standard InChI is InChI=1S/C24H23N2O/c1-3-27-23-17-16-22(21-15-10-18-25(2)24(21)23)26(19-11-6-4-7-12-19)20-13-8-5-9-14-20/h4-18H,3H2,1-2H3/q+1. The van der Waals surface area contributed by atoms with Crippen LogP contribution in [-0.2, 0) is 7.05 Å². The molecule has 1 heterocycles. The van der Waals surface area contributed by atoms with Crippen molar-refractivity contribution in [2.24, 2.45) is 7.05 Å². The summed E-state index contributed by atoms with van der Waals surface area (Å²) in [6.07, 6.45) is 2.06. The number of benzene rings is 3. The number of anilines is 3. The highest BCUT2D eigenvalue weighted by Gasteiger charge is 2.21. The van der Waals surface area contributed by atoms with Crippen LogP contribution < -0.4 is 14.2 Å². The van der Waals surface area contributed by atoms with Gasteiger partial charge in [0.15, 0.2) is 11.9 Å². The normalized spacial score (nSPS) is 10.7. The first kappa shape index (κ1) is 17.1. The van der Waals surface area contributed by atoms with Gasteiger partial charge in [-0.05, 0) is 49.4 Å². The Morgan fingerprint density at radius 1 is 0.778 bits per heavy atom. The molecule has 0 saturated carbocycles. The van der Waals surface area contributed by atoms with Gasteiger partial charge in [-0.15, -0.1) is 0 Å². The lowest BCUT2D eigenvalue weighted by Gasteiger charge is -2.26. The Morgan fingerprint density at radius 3 is 2.00 bits per heavy atom. The van der Waals surface area contributed by atoms with Crippen LogP contribution in [0.5, 0.6) is 5.75 Å². The third-order valence-corrected chi connectivity index (χ3v) is 4.65. The molecule has 1 aromatic heterocycles. The van der Waals surface area contributed by atoms with Gasteiger partial charge >= 0.3 is 0 Å². The number of fused-ring (bicyclic) bond motifs is 1. The van der Waals surface area contributed by atoms with E-state index in [4.69, 9.17) is 4.74 Å². The molecule has 0 aliphatic heterocycles. The number of aryl methyl sites for hydroxylation is 1. The molecule has 3 nitrogen and oxygen atoms in total. The highest BCUT2D eigenvalue weighted by Crippen LogP contribution is 2.40. The molecule has 0 spiro atoms. The fourth-order valence-electron chi connectivity index (χ4n) is 3.50. The van der Waals surface area contributed by atoms with Crippen LogP contribution in [-0.4, -0.2) is 6.61 Å². The van der Waals surface area contributed by atoms with Crippen molar-refractivity contribution in [3.05, 3.63) is 91.1 Å². The van der Waals surface area contributed by atoms with Gasteiger partial charge < -0.3 is 9.64 Å². The second-order valence-corrected chi connectivity index (χ2v) is 6.40. The Hall–Kier alpha value is -3.33. The molecule has 0 unspecified atom stereocenters. The summed E-state index contributed by atoms with van der Waals surface area (Å²) in [7, 11) is 2.06. The Kier molecular flexibility index (Phi) is 4.75. The van der Waals surface area contributed by atoms with Crippen LogP contribution in [0.1, 0.15) is 6.92 Å². The summed E-state index contributed by atoms with van der Waals surface area (Å²) >= 11 is 0. The van der Waals surface area contributed by atoms with E-state index in [1.165, 1.54) is 0 Å². The predicted octanol–water partition coefficient (Wildman–Crippen LogP) is 5.53. The lowest BCUT2D eigenvalue weighted by Crippen LogP contribution is -2.29. The summed E-state index contributed by atoms with van der Waals surface area (Å²) in [6, 6.07) is 29.4. The number of hydrogen-bond donors (Lipinski definition) is 0. The van der Waals surface area contributed by atoms with Crippen molar-refractivity contribution in [2.75, 3.05) is 11.5 Å². The van der Waals surface area contributed by atoms with Crippen LogP contribution >= 0.6 is 0 Å². The number of nitrogens with zero attached hydrogens (tertiary/aromatic N) is 2.